The van der Waals surface area contributed by atoms with Crippen molar-refractivity contribution in [1.29, 1.82) is 0 Å². The summed E-state index contributed by atoms with van der Waals surface area (Å²) >= 11 is 0. The molecule has 9 nitrogen and oxygen atoms in total. The summed E-state index contributed by atoms with van der Waals surface area (Å²) in [7, 11) is 1.39. The third kappa shape index (κ3) is 8.13. The summed E-state index contributed by atoms with van der Waals surface area (Å²) in [6.07, 6.45) is 1.57. The Labute approximate surface area is 205 Å². The van der Waals surface area contributed by atoms with Gasteiger partial charge in [0, 0.05) is 25.1 Å². The van der Waals surface area contributed by atoms with Gasteiger partial charge in [-0.1, -0.05) is 42.5 Å². The summed E-state index contributed by atoms with van der Waals surface area (Å²) in [5.41, 5.74) is 1.87. The standard InChI is InChI=1S/C26H32N2O7/c1-16(2)21(14-20-10-8-7-9-11-20)18(4)35-26(31)17(3)28-25(30)23-24(34-15-33-19(5)29)22(32-6)12-13-27-23/h7-13,17-18,21H,1,14-15H2,2-6H3,(H,28,30)/t17-,18-,21+/m0/s1. The molecule has 0 spiro atoms. The fourth-order valence-corrected chi connectivity index (χ4v) is 3.36. The van der Waals surface area contributed by atoms with Crippen LogP contribution in [0.15, 0.2) is 54.7 Å². The molecule has 1 amide bonds. The molecule has 0 fully saturated rings. The normalized spacial score (nSPS) is 13.1. The Morgan fingerprint density at radius 1 is 1.09 bits per heavy atom. The molecule has 0 aliphatic carbocycles. The van der Waals surface area contributed by atoms with Crippen molar-refractivity contribution in [3.05, 3.63) is 66.0 Å². The topological polar surface area (TPSA) is 113 Å². The van der Waals surface area contributed by atoms with E-state index in [4.69, 9.17) is 18.9 Å². The van der Waals surface area contributed by atoms with Gasteiger partial charge >= 0.3 is 11.9 Å². The van der Waals surface area contributed by atoms with E-state index >= 15 is 0 Å². The van der Waals surface area contributed by atoms with Gasteiger partial charge in [-0.3, -0.25) is 9.59 Å². The number of carbonyl (C=O) groups is 3. The van der Waals surface area contributed by atoms with E-state index in [2.05, 4.69) is 16.9 Å². The quantitative estimate of drug-likeness (QED) is 0.277. The van der Waals surface area contributed by atoms with Gasteiger partial charge in [-0.25, -0.2) is 9.78 Å². The molecule has 188 valence electrons. The van der Waals surface area contributed by atoms with Crippen LogP contribution in [0.25, 0.3) is 0 Å². The molecular formula is C26H32N2O7. The van der Waals surface area contributed by atoms with Gasteiger partial charge < -0.3 is 24.3 Å². The summed E-state index contributed by atoms with van der Waals surface area (Å²) in [5.74, 6) is -1.73. The number of hydrogen-bond donors (Lipinski definition) is 1. The van der Waals surface area contributed by atoms with Gasteiger partial charge in [0.1, 0.15) is 12.1 Å². The number of rotatable bonds is 12. The van der Waals surface area contributed by atoms with Crippen molar-refractivity contribution in [2.45, 2.75) is 46.3 Å². The van der Waals surface area contributed by atoms with E-state index in [-0.39, 0.29) is 23.1 Å². The van der Waals surface area contributed by atoms with E-state index in [9.17, 15) is 14.4 Å². The smallest absolute Gasteiger partial charge is 0.328 e. The molecule has 0 saturated heterocycles. The number of nitrogens with zero attached hydrogens (tertiary/aromatic N) is 1. The molecule has 3 atom stereocenters. The fraction of sp³-hybridized carbons (Fsp3) is 0.385. The number of pyridine rings is 1. The van der Waals surface area contributed by atoms with Crippen molar-refractivity contribution < 1.29 is 33.3 Å². The van der Waals surface area contributed by atoms with Crippen LogP contribution < -0.4 is 14.8 Å². The molecule has 0 aliphatic heterocycles. The van der Waals surface area contributed by atoms with E-state index in [1.54, 1.807) is 6.92 Å². The highest BCUT2D eigenvalue weighted by Gasteiger charge is 2.27. The van der Waals surface area contributed by atoms with Crippen LogP contribution in [-0.4, -0.2) is 48.9 Å². The van der Waals surface area contributed by atoms with Gasteiger partial charge in [-0.05, 0) is 32.8 Å². The Balaban J connectivity index is 2.06. The van der Waals surface area contributed by atoms with Gasteiger partial charge in [0.15, 0.2) is 17.2 Å². The molecule has 9 heteroatoms. The van der Waals surface area contributed by atoms with Gasteiger partial charge in [0.25, 0.3) is 5.91 Å². The number of methoxy groups -OCH3 is 1. The molecule has 1 aromatic heterocycles. The molecule has 1 aromatic carbocycles. The molecule has 0 bridgehead atoms. The molecule has 0 saturated carbocycles. The van der Waals surface area contributed by atoms with E-state index in [1.165, 1.54) is 33.2 Å². The van der Waals surface area contributed by atoms with E-state index in [1.807, 2.05) is 37.3 Å². The summed E-state index contributed by atoms with van der Waals surface area (Å²) in [5, 5.41) is 2.57. The maximum Gasteiger partial charge on any atom is 0.328 e. The van der Waals surface area contributed by atoms with Gasteiger partial charge in [-0.15, -0.1) is 0 Å². The third-order valence-corrected chi connectivity index (χ3v) is 5.27. The fourth-order valence-electron chi connectivity index (χ4n) is 3.36. The molecular weight excluding hydrogens is 452 g/mol. The van der Waals surface area contributed by atoms with E-state index in [0.717, 1.165) is 11.1 Å². The Morgan fingerprint density at radius 2 is 1.77 bits per heavy atom. The van der Waals surface area contributed by atoms with Crippen molar-refractivity contribution >= 4 is 17.8 Å². The molecule has 2 rings (SSSR count). The summed E-state index contributed by atoms with van der Waals surface area (Å²) in [6.45, 7) is 10.1. The minimum atomic E-state index is -0.971. The van der Waals surface area contributed by atoms with Crippen molar-refractivity contribution in [3.8, 4) is 11.5 Å². The zero-order chi connectivity index (χ0) is 26.0. The highest BCUT2D eigenvalue weighted by molar-refractivity contribution is 5.98. The van der Waals surface area contributed by atoms with Crippen LogP contribution in [0, 0.1) is 5.92 Å². The highest BCUT2D eigenvalue weighted by Crippen LogP contribution is 2.29. The summed E-state index contributed by atoms with van der Waals surface area (Å²) < 4.78 is 21.0. The highest BCUT2D eigenvalue weighted by atomic mass is 16.7. The molecule has 1 N–H and O–H groups in total. The van der Waals surface area contributed by atoms with Crippen LogP contribution in [0.3, 0.4) is 0 Å². The van der Waals surface area contributed by atoms with Crippen molar-refractivity contribution in [2.24, 2.45) is 5.92 Å². The number of ether oxygens (including phenoxy) is 4. The summed E-state index contributed by atoms with van der Waals surface area (Å²) in [4.78, 5) is 40.7. The molecule has 2 aromatic rings. The van der Waals surface area contributed by atoms with Crippen LogP contribution in [0.4, 0.5) is 0 Å². The third-order valence-electron chi connectivity index (χ3n) is 5.27. The zero-order valence-electron chi connectivity index (χ0n) is 20.7. The molecule has 0 radical (unpaired) electrons. The van der Waals surface area contributed by atoms with Crippen molar-refractivity contribution in [2.75, 3.05) is 13.9 Å². The SMILES string of the molecule is C=C(C)[C@@H](Cc1ccccc1)[C@H](C)OC(=O)[C@H](C)NC(=O)c1nccc(OC)c1OCOC(C)=O. The van der Waals surface area contributed by atoms with Gasteiger partial charge in [-0.2, -0.15) is 0 Å². The Kier molecular flexibility index (Phi) is 10.3. The van der Waals surface area contributed by atoms with Crippen LogP contribution in [0.2, 0.25) is 0 Å². The van der Waals surface area contributed by atoms with Crippen molar-refractivity contribution in [3.63, 3.8) is 0 Å². The largest absolute Gasteiger partial charge is 0.493 e. The second-order valence-electron chi connectivity index (χ2n) is 8.07. The van der Waals surface area contributed by atoms with Crippen LogP contribution in [-0.2, 0) is 25.5 Å². The number of aromatic nitrogens is 1. The first-order valence-electron chi connectivity index (χ1n) is 11.1. The Bertz CT molecular complexity index is 1040. The first kappa shape index (κ1) is 27.4. The Morgan fingerprint density at radius 3 is 2.37 bits per heavy atom. The second-order valence-corrected chi connectivity index (χ2v) is 8.07. The monoisotopic (exact) mass is 484 g/mol. The Hall–Kier alpha value is -3.88. The predicted octanol–water partition coefficient (Wildman–Crippen LogP) is 3.47. The first-order valence-corrected chi connectivity index (χ1v) is 11.1. The maximum atomic E-state index is 12.9. The molecule has 0 unspecified atom stereocenters. The number of hydrogen-bond acceptors (Lipinski definition) is 8. The van der Waals surface area contributed by atoms with E-state index in [0.29, 0.717) is 6.42 Å². The number of nitrogens with one attached hydrogen (secondary N) is 1. The molecule has 35 heavy (non-hydrogen) atoms. The van der Waals surface area contributed by atoms with Crippen molar-refractivity contribution in [1.82, 2.24) is 10.3 Å². The minimum Gasteiger partial charge on any atom is -0.493 e. The lowest BCUT2D eigenvalue weighted by atomic mass is 9.89. The number of amides is 1. The molecule has 0 aliphatic rings. The number of esters is 2. The maximum absolute atomic E-state index is 12.9. The first-order chi connectivity index (χ1) is 16.6. The summed E-state index contributed by atoms with van der Waals surface area (Å²) in [6, 6.07) is 10.4. The molecule has 1 heterocycles. The van der Waals surface area contributed by atoms with E-state index < -0.39 is 36.8 Å². The zero-order valence-corrected chi connectivity index (χ0v) is 20.7. The average molecular weight is 485 g/mol. The lowest BCUT2D eigenvalue weighted by Gasteiger charge is -2.26. The number of benzene rings is 1. The van der Waals surface area contributed by atoms with Gasteiger partial charge in [0.05, 0.1) is 7.11 Å². The lowest BCUT2D eigenvalue weighted by Crippen LogP contribution is -2.42. The lowest BCUT2D eigenvalue weighted by molar-refractivity contribution is -0.152. The average Bonchev–Trinajstić information content (AvgIpc) is 2.82. The van der Waals surface area contributed by atoms with Crippen LogP contribution in [0.1, 0.15) is 43.7 Å². The van der Waals surface area contributed by atoms with Crippen LogP contribution >= 0.6 is 0 Å². The van der Waals surface area contributed by atoms with Gasteiger partial charge in [0.2, 0.25) is 6.79 Å². The van der Waals surface area contributed by atoms with Crippen LogP contribution in [0.5, 0.6) is 11.5 Å². The minimum absolute atomic E-state index is 0.0205. The second kappa shape index (κ2) is 13.1. The number of carbonyl (C=O) groups excluding carboxylic acids is 3. The predicted molar refractivity (Wildman–Crippen MR) is 129 cm³/mol.